The molecule has 0 spiro atoms. The van der Waals surface area contributed by atoms with E-state index in [-0.39, 0.29) is 35.8 Å². The van der Waals surface area contributed by atoms with Crippen LogP contribution in [-0.4, -0.2) is 16.8 Å². The third-order valence-electron chi connectivity index (χ3n) is 3.86. The molecule has 2 aromatic carbocycles. The van der Waals surface area contributed by atoms with Crippen LogP contribution in [0.4, 0.5) is 0 Å². The van der Waals surface area contributed by atoms with Gasteiger partial charge in [0.1, 0.15) is 0 Å². The average molecular weight is 258 g/mol. The van der Waals surface area contributed by atoms with Gasteiger partial charge < -0.3 is 15.5 Å². The Morgan fingerprint density at radius 3 is 2.95 bits per heavy atom. The molecule has 2 aromatic rings. The van der Waals surface area contributed by atoms with Gasteiger partial charge in [-0.2, -0.15) is 0 Å². The molecule has 4 rings (SSSR count). The van der Waals surface area contributed by atoms with Crippen molar-refractivity contribution in [2.45, 2.75) is 18.9 Å². The summed E-state index contributed by atoms with van der Waals surface area (Å²) in [5.41, 5.74) is 2.22. The smallest absolute Gasteiger partial charge is 0.165 e. The summed E-state index contributed by atoms with van der Waals surface area (Å²) in [6.07, 6.45) is 0.889. The molecule has 1 aliphatic heterocycles. The molecule has 1 heterocycles. The van der Waals surface area contributed by atoms with E-state index in [1.54, 1.807) is 0 Å². The fourth-order valence-corrected chi connectivity index (χ4v) is 3.03. The maximum Gasteiger partial charge on any atom is 0.165 e. The first-order valence-electron chi connectivity index (χ1n) is 8.74. The van der Waals surface area contributed by atoms with E-state index in [9.17, 15) is 10.2 Å². The highest BCUT2D eigenvalue weighted by molar-refractivity contribution is 5.82. The number of nitrogens with one attached hydrogen (secondary N) is 1. The molecule has 0 saturated carbocycles. The third-order valence-corrected chi connectivity index (χ3v) is 3.86. The molecule has 96 valence electrons. The van der Waals surface area contributed by atoms with E-state index < -0.39 is 17.5 Å². The van der Waals surface area contributed by atoms with Gasteiger partial charge in [-0.15, -0.1) is 0 Å². The van der Waals surface area contributed by atoms with Crippen LogP contribution in [0.25, 0.3) is 11.1 Å². The number of fused-ring (bicyclic) bond motifs is 2. The number of phenolic OH excluding ortho intramolecular Hbond substituents is 2. The molecule has 0 radical (unpaired) electrons. The monoisotopic (exact) mass is 258 g/mol. The molecule has 0 bridgehead atoms. The predicted molar refractivity (Wildman–Crippen MR) is 73.4 cm³/mol. The van der Waals surface area contributed by atoms with Crippen molar-refractivity contribution in [1.29, 1.82) is 0 Å². The van der Waals surface area contributed by atoms with Crippen LogP contribution in [0.1, 0.15) is 29.6 Å². The van der Waals surface area contributed by atoms with Crippen LogP contribution < -0.4 is 5.32 Å². The Balaban J connectivity index is 2.20. The number of phenols is 2. The van der Waals surface area contributed by atoms with E-state index in [0.717, 1.165) is 0 Å². The standard InChI is InChI=1S/C16H15NO2/c18-13-5-4-10-8-12-14-9(6-7-17-12)2-1-3-11(14)15(10)16(13)19/h1-5,12,17-19H,6-8H2/t12-/m1/s1/i1D,2D,3D,4D,5D. The lowest BCUT2D eigenvalue weighted by Crippen LogP contribution is -2.33. The normalized spacial score (nSPS) is 23.4. The van der Waals surface area contributed by atoms with Crippen LogP contribution in [0.5, 0.6) is 11.5 Å². The number of benzene rings is 2. The molecule has 3 N–H and O–H groups in total. The first-order chi connectivity index (χ1) is 11.3. The van der Waals surface area contributed by atoms with Crippen molar-refractivity contribution >= 4 is 0 Å². The number of aromatic hydroxyl groups is 2. The van der Waals surface area contributed by atoms with Gasteiger partial charge in [-0.1, -0.05) is 24.2 Å². The van der Waals surface area contributed by atoms with Gasteiger partial charge in [0.05, 0.1) is 6.85 Å². The fraction of sp³-hybridized carbons (Fsp3) is 0.250. The summed E-state index contributed by atoms with van der Waals surface area (Å²) >= 11 is 0. The van der Waals surface area contributed by atoms with E-state index in [2.05, 4.69) is 5.32 Å². The number of rotatable bonds is 0. The Morgan fingerprint density at radius 2 is 2.05 bits per heavy atom. The zero-order valence-corrected chi connectivity index (χ0v) is 10.1. The highest BCUT2D eigenvalue weighted by Crippen LogP contribution is 2.48. The van der Waals surface area contributed by atoms with Gasteiger partial charge in [0.2, 0.25) is 0 Å². The molecule has 1 aliphatic carbocycles. The molecule has 2 aliphatic rings. The Labute approximate surface area is 118 Å². The molecule has 3 nitrogen and oxygen atoms in total. The molecule has 0 saturated heterocycles. The second-order valence-electron chi connectivity index (χ2n) is 4.90. The number of hydrogen-bond acceptors (Lipinski definition) is 3. The van der Waals surface area contributed by atoms with E-state index in [1.807, 2.05) is 0 Å². The molecule has 0 aromatic heterocycles. The van der Waals surface area contributed by atoms with Gasteiger partial charge in [-0.25, -0.2) is 0 Å². The van der Waals surface area contributed by atoms with E-state index in [1.165, 1.54) is 0 Å². The van der Waals surface area contributed by atoms with Gasteiger partial charge in [-0.3, -0.25) is 0 Å². The molecular weight excluding hydrogens is 238 g/mol. The van der Waals surface area contributed by atoms with Crippen LogP contribution >= 0.6 is 0 Å². The molecular formula is C16H15NO2. The van der Waals surface area contributed by atoms with E-state index in [4.69, 9.17) is 6.85 Å². The van der Waals surface area contributed by atoms with Crippen molar-refractivity contribution in [2.24, 2.45) is 0 Å². The van der Waals surface area contributed by atoms with Crippen molar-refractivity contribution < 1.29 is 17.1 Å². The fourth-order valence-electron chi connectivity index (χ4n) is 3.03. The molecule has 3 heteroatoms. The lowest BCUT2D eigenvalue weighted by molar-refractivity contribution is 0.403. The second-order valence-corrected chi connectivity index (χ2v) is 4.90. The first kappa shape index (κ1) is 6.96. The summed E-state index contributed by atoms with van der Waals surface area (Å²) in [7, 11) is 0. The molecule has 0 fully saturated rings. The molecule has 0 unspecified atom stereocenters. The summed E-state index contributed by atoms with van der Waals surface area (Å²) < 4.78 is 40.4. The van der Waals surface area contributed by atoms with Crippen molar-refractivity contribution in [3.05, 3.63) is 46.9 Å². The van der Waals surface area contributed by atoms with Crippen molar-refractivity contribution in [3.63, 3.8) is 0 Å². The summed E-state index contributed by atoms with van der Waals surface area (Å²) in [4.78, 5) is 0. The molecule has 1 atom stereocenters. The molecule has 19 heavy (non-hydrogen) atoms. The topological polar surface area (TPSA) is 52.5 Å². The van der Waals surface area contributed by atoms with Crippen LogP contribution in [0.15, 0.2) is 30.2 Å². The van der Waals surface area contributed by atoms with Gasteiger partial charge >= 0.3 is 0 Å². The van der Waals surface area contributed by atoms with Gasteiger partial charge in [0, 0.05) is 11.6 Å². The molecule has 0 amide bonds. The summed E-state index contributed by atoms with van der Waals surface area (Å²) in [6.45, 7) is 0.625. The van der Waals surface area contributed by atoms with Crippen LogP contribution in [0.3, 0.4) is 0 Å². The van der Waals surface area contributed by atoms with Gasteiger partial charge in [0.15, 0.2) is 11.5 Å². The second kappa shape index (κ2) is 3.75. The largest absolute Gasteiger partial charge is 0.504 e. The average Bonchev–Trinajstić information content (AvgIpc) is 2.59. The van der Waals surface area contributed by atoms with Crippen molar-refractivity contribution in [1.82, 2.24) is 5.32 Å². The zero-order valence-electron chi connectivity index (χ0n) is 15.1. The Kier molecular flexibility index (Phi) is 1.37. The van der Waals surface area contributed by atoms with Crippen LogP contribution in [0.2, 0.25) is 0 Å². The van der Waals surface area contributed by atoms with E-state index >= 15 is 0 Å². The maximum atomic E-state index is 10.4. The zero-order chi connectivity index (χ0) is 17.3. The van der Waals surface area contributed by atoms with Crippen molar-refractivity contribution in [2.75, 3.05) is 6.54 Å². The lowest BCUT2D eigenvalue weighted by Gasteiger charge is -2.34. The Hall–Kier alpha value is -2.00. The summed E-state index contributed by atoms with van der Waals surface area (Å²) in [5, 5.41) is 23.7. The maximum absolute atomic E-state index is 10.4. The minimum absolute atomic E-state index is 0.0284. The van der Waals surface area contributed by atoms with Gasteiger partial charge in [-0.05, 0) is 47.7 Å². The quantitative estimate of drug-likeness (QED) is 0.636. The van der Waals surface area contributed by atoms with E-state index in [0.29, 0.717) is 41.6 Å². The highest BCUT2D eigenvalue weighted by Gasteiger charge is 2.31. The van der Waals surface area contributed by atoms with Crippen LogP contribution in [-0.2, 0) is 12.8 Å². The van der Waals surface area contributed by atoms with Gasteiger partial charge in [0.25, 0.3) is 0 Å². The number of hydrogen-bond donors (Lipinski definition) is 3. The first-order valence-corrected chi connectivity index (χ1v) is 6.24. The Morgan fingerprint density at radius 1 is 1.16 bits per heavy atom. The predicted octanol–water partition coefficient (Wildman–Crippen LogP) is 2.51. The third kappa shape index (κ3) is 1.42. The van der Waals surface area contributed by atoms with Crippen molar-refractivity contribution in [3.8, 4) is 22.6 Å². The SMILES string of the molecule is [2H]c1c([2H])c2c3c(c1[2H])-c1c(O)c(O)c([2H])c([2H])c1C[C@H]3NCC2. The van der Waals surface area contributed by atoms with Crippen LogP contribution in [0, 0.1) is 0 Å². The lowest BCUT2D eigenvalue weighted by atomic mass is 9.77. The minimum atomic E-state index is -0.685. The summed E-state index contributed by atoms with van der Waals surface area (Å²) in [6, 6.07) is -1.24. The summed E-state index contributed by atoms with van der Waals surface area (Å²) in [5.74, 6) is -1.21. The highest BCUT2D eigenvalue weighted by atomic mass is 16.3. The minimum Gasteiger partial charge on any atom is -0.504 e. The Bertz CT molecular complexity index is 913.